The SMILES string of the molecule is CCn1c(C2=NCN=C2N)nc2c(C#CC(C)(C)O)nc(OCCNC)cc21.CCn1c(C2=NCN=C2N)nc2c(C#CC(C)(C)O)nc(OC[C@@H](N)c3ccccc3)cc21. The summed E-state index contributed by atoms with van der Waals surface area (Å²) in [6.07, 6.45) is 0. The van der Waals surface area contributed by atoms with E-state index < -0.39 is 11.2 Å². The molecular weight excluding hydrogens is 777 g/mol. The van der Waals surface area contributed by atoms with Gasteiger partial charge in [-0.3, -0.25) is 9.98 Å². The first-order chi connectivity index (χ1) is 29.1. The van der Waals surface area contributed by atoms with Gasteiger partial charge in [0.25, 0.3) is 0 Å². The molecule has 1 aromatic carbocycles. The molecule has 9 N–H and O–H groups in total. The maximum atomic E-state index is 10.1. The number of imidazole rings is 2. The van der Waals surface area contributed by atoms with Gasteiger partial charge in [-0.15, -0.1) is 0 Å². The molecule has 0 aliphatic carbocycles. The van der Waals surface area contributed by atoms with Crippen molar-refractivity contribution in [2.45, 2.75) is 71.9 Å². The minimum Gasteiger partial charge on any atom is -0.476 e. The van der Waals surface area contributed by atoms with Gasteiger partial charge in [-0.05, 0) is 66.0 Å². The number of amidine groups is 2. The second kappa shape index (κ2) is 18.7. The summed E-state index contributed by atoms with van der Waals surface area (Å²) in [6, 6.07) is 13.1. The summed E-state index contributed by atoms with van der Waals surface area (Å²) in [4.78, 5) is 35.5. The van der Waals surface area contributed by atoms with Gasteiger partial charge < -0.3 is 51.3 Å². The smallest absolute Gasteiger partial charge is 0.216 e. The van der Waals surface area contributed by atoms with Crippen molar-refractivity contribution in [2.24, 2.45) is 37.2 Å². The molecule has 0 fully saturated rings. The maximum absolute atomic E-state index is 10.1. The third-order valence-corrected chi connectivity index (χ3v) is 9.12. The third kappa shape index (κ3) is 10.6. The first-order valence-electron chi connectivity index (χ1n) is 19.8. The van der Waals surface area contributed by atoms with Crippen LogP contribution in [0.15, 0.2) is 62.4 Å². The Hall–Kier alpha value is -6.70. The molecule has 18 nitrogen and oxygen atoms in total. The van der Waals surface area contributed by atoms with Crippen LogP contribution in [0, 0.1) is 23.7 Å². The van der Waals surface area contributed by atoms with Crippen LogP contribution in [0.3, 0.4) is 0 Å². The molecule has 0 amide bonds. The molecule has 0 bridgehead atoms. The molecule has 2 aliphatic rings. The van der Waals surface area contributed by atoms with Crippen molar-refractivity contribution in [3.63, 3.8) is 0 Å². The third-order valence-electron chi connectivity index (χ3n) is 9.12. The fourth-order valence-electron chi connectivity index (χ4n) is 6.22. The minimum absolute atomic E-state index is 0.236. The summed E-state index contributed by atoms with van der Waals surface area (Å²) in [5.41, 5.74) is 21.6. The molecule has 2 aliphatic heterocycles. The Morgan fingerprint density at radius 2 is 1.21 bits per heavy atom. The van der Waals surface area contributed by atoms with Crippen LogP contribution in [0.4, 0.5) is 0 Å². The molecule has 0 unspecified atom stereocenters. The number of fused-ring (bicyclic) bond motifs is 2. The van der Waals surface area contributed by atoms with Gasteiger partial charge in [-0.2, -0.15) is 0 Å². The average Bonchev–Trinajstić information content (AvgIpc) is 4.02. The predicted octanol–water partition coefficient (Wildman–Crippen LogP) is 2.06. The molecule has 318 valence electrons. The first kappa shape index (κ1) is 43.9. The zero-order valence-electron chi connectivity index (χ0n) is 35.5. The summed E-state index contributed by atoms with van der Waals surface area (Å²) in [6.45, 7) is 13.7. The number of hydrogen-bond donors (Lipinski definition) is 6. The van der Waals surface area contributed by atoms with E-state index in [-0.39, 0.29) is 19.3 Å². The maximum Gasteiger partial charge on any atom is 0.216 e. The first-order valence-corrected chi connectivity index (χ1v) is 19.8. The number of aryl methyl sites for hydroxylation is 2. The summed E-state index contributed by atoms with van der Waals surface area (Å²) in [5, 5.41) is 23.1. The van der Waals surface area contributed by atoms with E-state index in [1.807, 2.05) is 72.5 Å². The van der Waals surface area contributed by atoms with Crippen LogP contribution >= 0.6 is 0 Å². The van der Waals surface area contributed by atoms with E-state index >= 15 is 0 Å². The Labute approximate surface area is 354 Å². The fraction of sp³-hybridized carbons (Fsp3) is 0.395. The average molecular weight is 829 g/mol. The summed E-state index contributed by atoms with van der Waals surface area (Å²) < 4.78 is 15.7. The van der Waals surface area contributed by atoms with Crippen LogP contribution in [0.1, 0.15) is 76.2 Å². The number of pyridine rings is 2. The van der Waals surface area contributed by atoms with Crippen molar-refractivity contribution in [1.82, 2.24) is 34.4 Å². The van der Waals surface area contributed by atoms with Gasteiger partial charge in [-0.1, -0.05) is 42.2 Å². The van der Waals surface area contributed by atoms with Gasteiger partial charge in [0.1, 0.15) is 83.3 Å². The molecule has 5 aromatic rings. The second-order valence-corrected chi connectivity index (χ2v) is 15.0. The Balaban J connectivity index is 0.000000207. The van der Waals surface area contributed by atoms with Gasteiger partial charge in [0.15, 0.2) is 11.6 Å². The Bertz CT molecular complexity index is 2660. The number of rotatable bonds is 12. The molecule has 0 saturated heterocycles. The quantitative estimate of drug-likeness (QED) is 0.0781. The standard InChI is InChI=1S/C24H27N7O2.C19H25N7O2/c1-4-31-18-12-19(33-13-16(25)15-8-6-5-7-9-15)29-17(10-11-24(2,3)32)20(18)30-23(31)21-22(26)28-14-27-21;1-5-26-13-10-14(28-9-8-21-4)24-12(6-7-19(2,3)27)15(13)25-18(26)16-17(20)23-11-22-16/h5-9,12,16,32H,4,13-14,25H2,1-3H3,(H2,26,28);10,21,27H,5,8-9,11H2,1-4H3,(H2,20,23)/t16-;/m1./s1. The van der Waals surface area contributed by atoms with Gasteiger partial charge in [0.05, 0.1) is 17.1 Å². The summed E-state index contributed by atoms with van der Waals surface area (Å²) >= 11 is 0. The highest BCUT2D eigenvalue weighted by molar-refractivity contribution is 6.47. The van der Waals surface area contributed by atoms with Gasteiger partial charge >= 0.3 is 0 Å². The van der Waals surface area contributed by atoms with Crippen molar-refractivity contribution >= 4 is 45.2 Å². The highest BCUT2D eigenvalue weighted by Crippen LogP contribution is 2.27. The van der Waals surface area contributed by atoms with E-state index in [0.29, 0.717) is 102 Å². The molecule has 4 aromatic heterocycles. The summed E-state index contributed by atoms with van der Waals surface area (Å²) in [5.74, 6) is 14.2. The van der Waals surface area contributed by atoms with Crippen molar-refractivity contribution < 1.29 is 19.7 Å². The topological polar surface area (TPSA) is 260 Å². The number of likely N-dealkylation sites (N-methyl/N-ethyl adjacent to an activating group) is 1. The molecule has 7 rings (SSSR count). The molecule has 0 saturated carbocycles. The Morgan fingerprint density at radius 3 is 1.62 bits per heavy atom. The largest absolute Gasteiger partial charge is 0.476 e. The lowest BCUT2D eigenvalue weighted by atomic mass is 10.1. The number of nitrogens with zero attached hydrogens (tertiary/aromatic N) is 10. The van der Waals surface area contributed by atoms with Crippen LogP contribution in [0.5, 0.6) is 11.8 Å². The number of ether oxygens (including phenoxy) is 2. The molecular formula is C43H52N14O4. The van der Waals surface area contributed by atoms with Gasteiger partial charge in [-0.25, -0.2) is 29.9 Å². The monoisotopic (exact) mass is 828 g/mol. The number of aliphatic imine (C=N–C) groups is 4. The Kier molecular flexibility index (Phi) is 13.4. The predicted molar refractivity (Wildman–Crippen MR) is 237 cm³/mol. The molecule has 18 heteroatoms. The zero-order valence-corrected chi connectivity index (χ0v) is 35.5. The molecule has 0 spiro atoms. The number of aliphatic hydroxyl groups is 2. The van der Waals surface area contributed by atoms with E-state index in [1.165, 1.54) is 0 Å². The lowest BCUT2D eigenvalue weighted by Gasteiger charge is -2.14. The molecule has 0 radical (unpaired) electrons. The van der Waals surface area contributed by atoms with Gasteiger partial charge in [0, 0.05) is 31.8 Å². The lowest BCUT2D eigenvalue weighted by Crippen LogP contribution is -2.25. The van der Waals surface area contributed by atoms with Crippen LogP contribution < -0.4 is 32.0 Å². The van der Waals surface area contributed by atoms with Gasteiger partial charge in [0.2, 0.25) is 11.8 Å². The van der Waals surface area contributed by atoms with Crippen LogP contribution in [-0.2, 0) is 13.1 Å². The molecule has 61 heavy (non-hydrogen) atoms. The van der Waals surface area contributed by atoms with Crippen molar-refractivity contribution in [3.05, 3.63) is 71.1 Å². The van der Waals surface area contributed by atoms with E-state index in [1.54, 1.807) is 27.7 Å². The minimum atomic E-state index is -1.19. The highest BCUT2D eigenvalue weighted by Gasteiger charge is 2.25. The number of nitrogens with two attached hydrogens (primary N) is 3. The number of benzene rings is 1. The van der Waals surface area contributed by atoms with Crippen LogP contribution in [0.2, 0.25) is 0 Å². The van der Waals surface area contributed by atoms with Crippen LogP contribution in [0.25, 0.3) is 22.1 Å². The van der Waals surface area contributed by atoms with E-state index in [0.717, 1.165) is 16.6 Å². The number of hydrogen-bond acceptors (Lipinski definition) is 16. The van der Waals surface area contributed by atoms with Crippen molar-refractivity contribution in [2.75, 3.05) is 40.1 Å². The van der Waals surface area contributed by atoms with E-state index in [2.05, 4.69) is 58.9 Å². The normalized spacial score (nSPS) is 14.2. The summed E-state index contributed by atoms with van der Waals surface area (Å²) in [7, 11) is 1.85. The number of nitrogens with one attached hydrogen (secondary N) is 1. The lowest BCUT2D eigenvalue weighted by molar-refractivity contribution is 0.143. The van der Waals surface area contributed by atoms with Crippen LogP contribution in [-0.4, -0.2) is 114 Å². The van der Waals surface area contributed by atoms with Crippen molar-refractivity contribution in [3.8, 4) is 35.4 Å². The zero-order chi connectivity index (χ0) is 43.9. The van der Waals surface area contributed by atoms with E-state index in [9.17, 15) is 10.2 Å². The Morgan fingerprint density at radius 1 is 0.738 bits per heavy atom. The number of aromatic nitrogens is 6. The highest BCUT2D eigenvalue weighted by atomic mass is 16.5. The molecule has 6 heterocycles. The van der Waals surface area contributed by atoms with Crippen molar-refractivity contribution in [1.29, 1.82) is 0 Å². The fourth-order valence-corrected chi connectivity index (χ4v) is 6.22. The second-order valence-electron chi connectivity index (χ2n) is 15.0. The molecule has 1 atom stereocenters. The van der Waals surface area contributed by atoms with E-state index in [4.69, 9.17) is 36.6 Å².